The summed E-state index contributed by atoms with van der Waals surface area (Å²) in [4.78, 5) is 25.9. The first-order chi connectivity index (χ1) is 13.6. The van der Waals surface area contributed by atoms with Gasteiger partial charge in [0.2, 0.25) is 0 Å². The van der Waals surface area contributed by atoms with Crippen molar-refractivity contribution in [3.63, 3.8) is 0 Å². The van der Waals surface area contributed by atoms with Gasteiger partial charge in [0.15, 0.2) is 16.6 Å². The van der Waals surface area contributed by atoms with Gasteiger partial charge in [-0.15, -0.1) is 0 Å². The maximum atomic E-state index is 13.0. The molecule has 0 spiro atoms. The molecule has 1 saturated heterocycles. The molecular weight excluding hydrogens is 409 g/mol. The number of carbonyl (C=O) groups excluding carboxylic acids is 2. The lowest BCUT2D eigenvalue weighted by molar-refractivity contribution is -0.137. The van der Waals surface area contributed by atoms with Crippen LogP contribution < -0.4 is 15.0 Å². The Bertz CT molecular complexity index is 1050. The number of amides is 2. The molecule has 2 N–H and O–H groups in total. The number of thiocarbonyl (C=S) groups is 1. The molecule has 10 heteroatoms. The highest BCUT2D eigenvalue weighted by molar-refractivity contribution is 7.80. The molecule has 0 aliphatic carbocycles. The molecule has 2 aromatic carbocycles. The van der Waals surface area contributed by atoms with Gasteiger partial charge in [0.25, 0.3) is 11.8 Å². The number of benzene rings is 2. The fraction of sp³-hybridized carbons (Fsp3) is 0.105. The van der Waals surface area contributed by atoms with E-state index in [9.17, 15) is 27.9 Å². The zero-order chi connectivity index (χ0) is 21.3. The van der Waals surface area contributed by atoms with Crippen molar-refractivity contribution in [2.24, 2.45) is 0 Å². The van der Waals surface area contributed by atoms with Crippen molar-refractivity contribution in [3.05, 3.63) is 59.2 Å². The molecule has 2 aromatic rings. The second-order valence-electron chi connectivity index (χ2n) is 5.94. The van der Waals surface area contributed by atoms with Gasteiger partial charge in [0, 0.05) is 0 Å². The van der Waals surface area contributed by atoms with Crippen molar-refractivity contribution in [1.82, 2.24) is 5.32 Å². The standard InChI is InChI=1S/C19H13F3N2O4S/c1-28-15-6-5-10(8-14(15)25)7-13-16(26)23-18(29)24(17(13)27)12-4-2-3-11(9-12)19(20,21)22/h2-9,25H,1H3,(H,23,26,29)/b13-7-. The average molecular weight is 422 g/mol. The minimum Gasteiger partial charge on any atom is -0.504 e. The van der Waals surface area contributed by atoms with Gasteiger partial charge in [-0.1, -0.05) is 12.1 Å². The molecule has 3 rings (SSSR count). The normalized spacial score (nSPS) is 16.2. The summed E-state index contributed by atoms with van der Waals surface area (Å²) in [5.74, 6) is -1.72. The molecule has 29 heavy (non-hydrogen) atoms. The summed E-state index contributed by atoms with van der Waals surface area (Å²) in [6.07, 6.45) is -3.42. The number of aromatic hydroxyl groups is 1. The molecule has 1 aliphatic rings. The third-order valence-electron chi connectivity index (χ3n) is 4.05. The van der Waals surface area contributed by atoms with Crippen molar-refractivity contribution in [2.75, 3.05) is 12.0 Å². The Morgan fingerprint density at radius 3 is 2.52 bits per heavy atom. The maximum Gasteiger partial charge on any atom is 0.416 e. The first-order valence-corrected chi connectivity index (χ1v) is 8.48. The zero-order valence-corrected chi connectivity index (χ0v) is 15.6. The van der Waals surface area contributed by atoms with Crippen LogP contribution >= 0.6 is 12.2 Å². The van der Waals surface area contributed by atoms with Crippen molar-refractivity contribution < 1.29 is 32.6 Å². The molecule has 1 heterocycles. The summed E-state index contributed by atoms with van der Waals surface area (Å²) in [6, 6.07) is 8.22. The fourth-order valence-electron chi connectivity index (χ4n) is 2.68. The van der Waals surface area contributed by atoms with E-state index < -0.39 is 23.6 Å². The van der Waals surface area contributed by atoms with Crippen LogP contribution in [-0.2, 0) is 15.8 Å². The van der Waals surface area contributed by atoms with E-state index in [0.717, 1.165) is 23.1 Å². The van der Waals surface area contributed by atoms with Crippen LogP contribution in [0.1, 0.15) is 11.1 Å². The number of phenolic OH excluding ortho intramolecular Hbond substituents is 1. The SMILES string of the molecule is COc1ccc(/C=C2/C(=O)NC(=S)N(c3cccc(C(F)(F)F)c3)C2=O)cc1O. The third-order valence-corrected chi connectivity index (χ3v) is 4.33. The number of hydrogen-bond donors (Lipinski definition) is 2. The van der Waals surface area contributed by atoms with Crippen LogP contribution in [0.3, 0.4) is 0 Å². The van der Waals surface area contributed by atoms with E-state index in [-0.39, 0.29) is 27.9 Å². The van der Waals surface area contributed by atoms with Gasteiger partial charge >= 0.3 is 6.18 Å². The van der Waals surface area contributed by atoms with Crippen molar-refractivity contribution >= 4 is 40.9 Å². The quantitative estimate of drug-likeness (QED) is 0.451. The lowest BCUT2D eigenvalue weighted by atomic mass is 10.1. The highest BCUT2D eigenvalue weighted by Crippen LogP contribution is 2.33. The number of anilines is 1. The molecule has 150 valence electrons. The van der Waals surface area contributed by atoms with Crippen LogP contribution in [0.4, 0.5) is 18.9 Å². The van der Waals surface area contributed by atoms with Gasteiger partial charge in [-0.05, 0) is 54.2 Å². The minimum absolute atomic E-state index is 0.140. The molecule has 0 bridgehead atoms. The number of nitrogens with zero attached hydrogens (tertiary/aromatic N) is 1. The summed E-state index contributed by atoms with van der Waals surface area (Å²) in [6.45, 7) is 0. The van der Waals surface area contributed by atoms with E-state index in [1.807, 2.05) is 0 Å². The Balaban J connectivity index is 2.02. The van der Waals surface area contributed by atoms with E-state index in [4.69, 9.17) is 17.0 Å². The lowest BCUT2D eigenvalue weighted by Gasteiger charge is -2.29. The molecule has 2 amide bonds. The first kappa shape index (κ1) is 20.3. The number of alkyl halides is 3. The van der Waals surface area contributed by atoms with E-state index in [2.05, 4.69) is 5.32 Å². The van der Waals surface area contributed by atoms with Crippen LogP contribution in [0.2, 0.25) is 0 Å². The molecule has 1 aliphatic heterocycles. The number of phenols is 1. The Labute approximate surface area is 168 Å². The Kier molecular flexibility index (Phi) is 5.29. The Morgan fingerprint density at radius 1 is 1.17 bits per heavy atom. The number of nitrogens with one attached hydrogen (secondary N) is 1. The predicted octanol–water partition coefficient (Wildman–Crippen LogP) is 3.25. The number of rotatable bonds is 3. The molecule has 0 saturated carbocycles. The smallest absolute Gasteiger partial charge is 0.416 e. The van der Waals surface area contributed by atoms with E-state index >= 15 is 0 Å². The molecule has 0 radical (unpaired) electrons. The summed E-state index contributed by atoms with van der Waals surface area (Å²) >= 11 is 4.98. The van der Waals surface area contributed by atoms with Crippen LogP contribution in [0, 0.1) is 0 Å². The van der Waals surface area contributed by atoms with E-state index in [1.165, 1.54) is 37.5 Å². The molecule has 1 fully saturated rings. The van der Waals surface area contributed by atoms with Crippen LogP contribution in [0.5, 0.6) is 11.5 Å². The fourth-order valence-corrected chi connectivity index (χ4v) is 2.96. The minimum atomic E-state index is -4.61. The van der Waals surface area contributed by atoms with Crippen LogP contribution in [-0.4, -0.2) is 29.1 Å². The number of ether oxygens (including phenoxy) is 1. The predicted molar refractivity (Wildman–Crippen MR) is 102 cm³/mol. The van der Waals surface area contributed by atoms with Gasteiger partial charge in [-0.2, -0.15) is 13.2 Å². The molecule has 6 nitrogen and oxygen atoms in total. The van der Waals surface area contributed by atoms with E-state index in [0.29, 0.717) is 5.56 Å². The summed E-state index contributed by atoms with van der Waals surface area (Å²) in [5.41, 5.74) is -1.16. The lowest BCUT2D eigenvalue weighted by Crippen LogP contribution is -2.54. The van der Waals surface area contributed by atoms with Crippen LogP contribution in [0.25, 0.3) is 6.08 Å². The Hall–Kier alpha value is -3.40. The second kappa shape index (κ2) is 7.55. The number of halogens is 3. The van der Waals surface area contributed by atoms with Crippen molar-refractivity contribution in [3.8, 4) is 11.5 Å². The largest absolute Gasteiger partial charge is 0.504 e. The van der Waals surface area contributed by atoms with Crippen LogP contribution in [0.15, 0.2) is 48.0 Å². The first-order valence-electron chi connectivity index (χ1n) is 8.07. The third kappa shape index (κ3) is 4.06. The monoisotopic (exact) mass is 422 g/mol. The molecular formula is C19H13F3N2O4S. The van der Waals surface area contributed by atoms with Gasteiger partial charge in [-0.25, -0.2) is 0 Å². The van der Waals surface area contributed by atoms with Crippen molar-refractivity contribution in [2.45, 2.75) is 6.18 Å². The van der Waals surface area contributed by atoms with Crippen molar-refractivity contribution in [1.29, 1.82) is 0 Å². The number of hydrogen-bond acceptors (Lipinski definition) is 5. The van der Waals surface area contributed by atoms with E-state index in [1.54, 1.807) is 0 Å². The van der Waals surface area contributed by atoms with Gasteiger partial charge in [-0.3, -0.25) is 19.8 Å². The zero-order valence-electron chi connectivity index (χ0n) is 14.8. The number of methoxy groups -OCH3 is 1. The average Bonchev–Trinajstić information content (AvgIpc) is 2.65. The summed E-state index contributed by atoms with van der Waals surface area (Å²) < 4.78 is 43.9. The van der Waals surface area contributed by atoms with Gasteiger partial charge in [0.05, 0.1) is 18.4 Å². The highest BCUT2D eigenvalue weighted by Gasteiger charge is 2.36. The maximum absolute atomic E-state index is 13.0. The molecule has 0 unspecified atom stereocenters. The highest BCUT2D eigenvalue weighted by atomic mass is 32.1. The summed E-state index contributed by atoms with van der Waals surface area (Å²) in [7, 11) is 1.36. The molecule has 0 atom stereocenters. The van der Waals surface area contributed by atoms with Gasteiger partial charge in [0.1, 0.15) is 5.57 Å². The summed E-state index contributed by atoms with van der Waals surface area (Å²) in [5, 5.41) is 11.8. The topological polar surface area (TPSA) is 78.9 Å². The number of carbonyl (C=O) groups is 2. The molecule has 0 aromatic heterocycles. The Morgan fingerprint density at radius 2 is 1.90 bits per heavy atom. The second-order valence-corrected chi connectivity index (χ2v) is 6.32. The van der Waals surface area contributed by atoms with Gasteiger partial charge < -0.3 is 9.84 Å².